The molecule has 0 N–H and O–H groups in total. The van der Waals surface area contributed by atoms with Crippen molar-refractivity contribution in [3.8, 4) is 23.0 Å². The average molecular weight is 330 g/mol. The van der Waals surface area contributed by atoms with Crippen molar-refractivity contribution in [1.82, 2.24) is 0 Å². The molecule has 2 rings (SSSR count). The Labute approximate surface area is 144 Å². The maximum atomic E-state index is 5.85. The van der Waals surface area contributed by atoms with Crippen molar-refractivity contribution in [1.29, 1.82) is 0 Å². The second-order valence-electron chi connectivity index (χ2n) is 5.59. The highest BCUT2D eigenvalue weighted by Crippen LogP contribution is 2.36. The van der Waals surface area contributed by atoms with Crippen LogP contribution in [0, 0.1) is 13.8 Å². The van der Waals surface area contributed by atoms with Crippen LogP contribution in [0.1, 0.15) is 24.0 Å². The monoisotopic (exact) mass is 330 g/mol. The summed E-state index contributed by atoms with van der Waals surface area (Å²) in [4.78, 5) is 0. The fourth-order valence-corrected chi connectivity index (χ4v) is 2.40. The van der Waals surface area contributed by atoms with Crippen LogP contribution in [0.5, 0.6) is 23.0 Å². The molecule has 0 bridgehead atoms. The zero-order chi connectivity index (χ0) is 17.4. The van der Waals surface area contributed by atoms with Crippen molar-refractivity contribution in [2.24, 2.45) is 0 Å². The molecule has 0 heterocycles. The molecule has 0 fully saturated rings. The minimum absolute atomic E-state index is 0.590. The Bertz CT molecular complexity index is 630. The van der Waals surface area contributed by atoms with Crippen LogP contribution in [-0.2, 0) is 0 Å². The third kappa shape index (κ3) is 4.57. The molecule has 24 heavy (non-hydrogen) atoms. The molecule has 4 heteroatoms. The second kappa shape index (κ2) is 9.06. The van der Waals surface area contributed by atoms with Gasteiger partial charge in [-0.1, -0.05) is 18.2 Å². The van der Waals surface area contributed by atoms with Crippen LogP contribution >= 0.6 is 0 Å². The summed E-state index contributed by atoms with van der Waals surface area (Å²) in [5.74, 6) is 2.97. The molecular formula is C20H26O4. The lowest BCUT2D eigenvalue weighted by Crippen LogP contribution is -2.05. The van der Waals surface area contributed by atoms with Gasteiger partial charge in [0.05, 0.1) is 27.4 Å². The van der Waals surface area contributed by atoms with Crippen molar-refractivity contribution in [2.75, 3.05) is 27.4 Å². The normalized spacial score (nSPS) is 10.3. The van der Waals surface area contributed by atoms with Gasteiger partial charge in [-0.15, -0.1) is 0 Å². The fourth-order valence-electron chi connectivity index (χ4n) is 2.40. The molecule has 0 aliphatic heterocycles. The molecule has 0 spiro atoms. The van der Waals surface area contributed by atoms with Gasteiger partial charge in [-0.2, -0.15) is 0 Å². The van der Waals surface area contributed by atoms with Crippen LogP contribution < -0.4 is 18.9 Å². The standard InChI is InChI=1S/C20H26O4/c1-15-9-7-10-17(16(15)2)23-13-5-6-14-24-20-18(21-3)11-8-12-19(20)22-4/h7-12H,5-6,13-14H2,1-4H3. The highest BCUT2D eigenvalue weighted by molar-refractivity contribution is 5.51. The molecular weight excluding hydrogens is 304 g/mol. The first kappa shape index (κ1) is 18.0. The summed E-state index contributed by atoms with van der Waals surface area (Å²) in [5, 5.41) is 0. The molecule has 0 amide bonds. The minimum atomic E-state index is 0.590. The van der Waals surface area contributed by atoms with E-state index in [4.69, 9.17) is 18.9 Å². The molecule has 0 saturated heterocycles. The number of ether oxygens (including phenoxy) is 4. The van der Waals surface area contributed by atoms with E-state index in [-0.39, 0.29) is 0 Å². The molecule has 0 aliphatic carbocycles. The van der Waals surface area contributed by atoms with Gasteiger partial charge in [0.1, 0.15) is 5.75 Å². The average Bonchev–Trinajstić information content (AvgIpc) is 2.61. The zero-order valence-corrected chi connectivity index (χ0v) is 14.9. The Morgan fingerprint density at radius 1 is 0.708 bits per heavy atom. The van der Waals surface area contributed by atoms with Gasteiger partial charge >= 0.3 is 0 Å². The van der Waals surface area contributed by atoms with E-state index in [9.17, 15) is 0 Å². The summed E-state index contributed by atoms with van der Waals surface area (Å²) in [5.41, 5.74) is 2.45. The highest BCUT2D eigenvalue weighted by atomic mass is 16.5. The van der Waals surface area contributed by atoms with E-state index in [0.717, 1.165) is 18.6 Å². The topological polar surface area (TPSA) is 36.9 Å². The molecule has 2 aromatic carbocycles. The van der Waals surface area contributed by atoms with Crippen LogP contribution in [-0.4, -0.2) is 27.4 Å². The third-order valence-electron chi connectivity index (χ3n) is 3.98. The van der Waals surface area contributed by atoms with Crippen molar-refractivity contribution >= 4 is 0 Å². The molecule has 4 nitrogen and oxygen atoms in total. The predicted molar refractivity (Wildman–Crippen MR) is 95.7 cm³/mol. The first-order chi connectivity index (χ1) is 11.7. The number of aryl methyl sites for hydroxylation is 1. The maximum absolute atomic E-state index is 5.85. The number of hydrogen-bond donors (Lipinski definition) is 0. The number of hydrogen-bond acceptors (Lipinski definition) is 4. The first-order valence-electron chi connectivity index (χ1n) is 8.20. The number of para-hydroxylation sites is 1. The van der Waals surface area contributed by atoms with E-state index >= 15 is 0 Å². The van der Waals surface area contributed by atoms with Gasteiger partial charge in [0.2, 0.25) is 5.75 Å². The maximum Gasteiger partial charge on any atom is 0.203 e. The molecule has 0 aromatic heterocycles. The Morgan fingerprint density at radius 2 is 1.25 bits per heavy atom. The summed E-state index contributed by atoms with van der Waals surface area (Å²) in [6, 6.07) is 11.7. The number of unbranched alkanes of at least 4 members (excludes halogenated alkanes) is 1. The number of methoxy groups -OCH3 is 2. The van der Waals surface area contributed by atoms with E-state index in [0.29, 0.717) is 30.5 Å². The molecule has 0 unspecified atom stereocenters. The summed E-state index contributed by atoms with van der Waals surface area (Å²) in [6.45, 7) is 5.45. The lowest BCUT2D eigenvalue weighted by atomic mass is 10.1. The lowest BCUT2D eigenvalue weighted by molar-refractivity contribution is 0.248. The lowest BCUT2D eigenvalue weighted by Gasteiger charge is -2.14. The van der Waals surface area contributed by atoms with Gasteiger partial charge in [-0.3, -0.25) is 0 Å². The third-order valence-corrected chi connectivity index (χ3v) is 3.98. The van der Waals surface area contributed by atoms with E-state index in [2.05, 4.69) is 19.9 Å². The molecule has 2 aromatic rings. The van der Waals surface area contributed by atoms with Gasteiger partial charge in [0.15, 0.2) is 11.5 Å². The minimum Gasteiger partial charge on any atom is -0.493 e. The number of rotatable bonds is 9. The van der Waals surface area contributed by atoms with Gasteiger partial charge < -0.3 is 18.9 Å². The van der Waals surface area contributed by atoms with Crippen molar-refractivity contribution in [3.05, 3.63) is 47.5 Å². The first-order valence-corrected chi connectivity index (χ1v) is 8.20. The molecule has 0 aliphatic rings. The van der Waals surface area contributed by atoms with E-state index < -0.39 is 0 Å². The van der Waals surface area contributed by atoms with E-state index in [1.54, 1.807) is 14.2 Å². The Hall–Kier alpha value is -2.36. The van der Waals surface area contributed by atoms with Gasteiger partial charge in [-0.25, -0.2) is 0 Å². The Morgan fingerprint density at radius 3 is 1.88 bits per heavy atom. The summed E-state index contributed by atoms with van der Waals surface area (Å²) < 4.78 is 22.3. The Kier molecular flexibility index (Phi) is 6.79. The molecule has 0 radical (unpaired) electrons. The van der Waals surface area contributed by atoms with Gasteiger partial charge in [-0.05, 0) is 56.0 Å². The fraction of sp³-hybridized carbons (Fsp3) is 0.400. The van der Waals surface area contributed by atoms with Gasteiger partial charge in [0.25, 0.3) is 0 Å². The van der Waals surface area contributed by atoms with Crippen molar-refractivity contribution < 1.29 is 18.9 Å². The van der Waals surface area contributed by atoms with E-state index in [1.807, 2.05) is 30.3 Å². The van der Waals surface area contributed by atoms with Crippen LogP contribution in [0.15, 0.2) is 36.4 Å². The van der Waals surface area contributed by atoms with Crippen molar-refractivity contribution in [2.45, 2.75) is 26.7 Å². The van der Waals surface area contributed by atoms with Crippen LogP contribution in [0.4, 0.5) is 0 Å². The second-order valence-corrected chi connectivity index (χ2v) is 5.59. The van der Waals surface area contributed by atoms with Crippen molar-refractivity contribution in [3.63, 3.8) is 0 Å². The highest BCUT2D eigenvalue weighted by Gasteiger charge is 2.10. The SMILES string of the molecule is COc1cccc(OC)c1OCCCCOc1cccc(C)c1C. The summed E-state index contributed by atoms with van der Waals surface area (Å²) in [6.07, 6.45) is 1.82. The smallest absolute Gasteiger partial charge is 0.203 e. The number of benzene rings is 2. The van der Waals surface area contributed by atoms with Crippen LogP contribution in [0.3, 0.4) is 0 Å². The molecule has 0 atom stereocenters. The van der Waals surface area contributed by atoms with E-state index in [1.165, 1.54) is 11.1 Å². The van der Waals surface area contributed by atoms with Crippen LogP contribution in [0.2, 0.25) is 0 Å². The predicted octanol–water partition coefficient (Wildman–Crippen LogP) is 4.56. The summed E-state index contributed by atoms with van der Waals surface area (Å²) >= 11 is 0. The van der Waals surface area contributed by atoms with Crippen LogP contribution in [0.25, 0.3) is 0 Å². The molecule has 130 valence electrons. The van der Waals surface area contributed by atoms with Gasteiger partial charge in [0, 0.05) is 0 Å². The quantitative estimate of drug-likeness (QED) is 0.632. The summed E-state index contributed by atoms with van der Waals surface area (Å²) in [7, 11) is 3.25. The Balaban J connectivity index is 1.77. The molecule has 0 saturated carbocycles. The largest absolute Gasteiger partial charge is 0.493 e. The zero-order valence-electron chi connectivity index (χ0n) is 14.9.